The van der Waals surface area contributed by atoms with Gasteiger partial charge in [0, 0.05) is 0 Å². The zero-order valence-electron chi connectivity index (χ0n) is 14.9. The second-order valence-electron chi connectivity index (χ2n) is 8.99. The summed E-state index contributed by atoms with van der Waals surface area (Å²) in [4.78, 5) is 0. The number of rotatable bonds is 3. The number of hydrogen-bond donors (Lipinski definition) is 1. The molecule has 1 aliphatic heterocycles. The molecule has 0 unspecified atom stereocenters. The molecule has 0 radical (unpaired) electrons. The summed E-state index contributed by atoms with van der Waals surface area (Å²) in [5, 5.41) is 9.79. The third kappa shape index (κ3) is 3.05. The zero-order valence-corrected chi connectivity index (χ0v) is 14.9. The predicted molar refractivity (Wildman–Crippen MR) is 90.6 cm³/mol. The zero-order chi connectivity index (χ0) is 16.2. The van der Waals surface area contributed by atoms with Gasteiger partial charge in [-0.25, -0.2) is 0 Å². The van der Waals surface area contributed by atoms with Gasteiger partial charge in [-0.1, -0.05) is 30.7 Å². The summed E-state index contributed by atoms with van der Waals surface area (Å²) in [5.41, 5.74) is 1.40. The van der Waals surface area contributed by atoms with E-state index in [4.69, 9.17) is 4.74 Å². The second-order valence-corrected chi connectivity index (χ2v) is 8.99. The van der Waals surface area contributed by atoms with Crippen LogP contribution in [-0.4, -0.2) is 22.4 Å². The van der Waals surface area contributed by atoms with Crippen LogP contribution in [0.25, 0.3) is 0 Å². The lowest BCUT2D eigenvalue weighted by molar-refractivity contribution is 0.133. The lowest BCUT2D eigenvalue weighted by atomic mass is 9.72. The molecule has 1 saturated heterocycles. The fourth-order valence-electron chi connectivity index (χ4n) is 4.90. The van der Waals surface area contributed by atoms with Crippen LogP contribution in [0.15, 0.2) is 23.8 Å². The summed E-state index contributed by atoms with van der Waals surface area (Å²) in [5.74, 6) is 1.50. The third-order valence-electron chi connectivity index (χ3n) is 6.49. The Hall–Kier alpha value is -0.600. The van der Waals surface area contributed by atoms with Gasteiger partial charge in [-0.15, -0.1) is 0 Å². The van der Waals surface area contributed by atoms with Crippen molar-refractivity contribution >= 4 is 0 Å². The first kappa shape index (κ1) is 16.3. The highest BCUT2D eigenvalue weighted by Gasteiger charge is 2.60. The van der Waals surface area contributed by atoms with Crippen LogP contribution in [0, 0.1) is 17.3 Å². The Kier molecular flexibility index (Phi) is 3.85. The summed E-state index contributed by atoms with van der Waals surface area (Å²) in [6, 6.07) is 0. The van der Waals surface area contributed by atoms with E-state index in [1.54, 1.807) is 0 Å². The van der Waals surface area contributed by atoms with Gasteiger partial charge in [-0.05, 0) is 77.0 Å². The standard InChI is InChI=1S/C20H32O2/c1-14(7-6-10-18(2,3)21)15-8-11-19(4)13-17-20(5,22-17)12-9-16(15)19/h6-7,10,15-17,21H,8-9,11-13H2,1-5H3/b10-6+,14-7-/t15-,16-,17-,19+,20+/m1/s1. The Balaban J connectivity index is 1.73. The summed E-state index contributed by atoms with van der Waals surface area (Å²) in [6.45, 7) is 10.7. The summed E-state index contributed by atoms with van der Waals surface area (Å²) in [6.07, 6.45) is 13.1. The number of hydrogen-bond acceptors (Lipinski definition) is 2. The number of epoxide rings is 1. The smallest absolute Gasteiger partial charge is 0.0920 e. The van der Waals surface area contributed by atoms with E-state index in [1.165, 1.54) is 37.7 Å². The molecule has 124 valence electrons. The molecule has 22 heavy (non-hydrogen) atoms. The maximum Gasteiger partial charge on any atom is 0.0920 e. The molecule has 0 aromatic carbocycles. The molecule has 3 fully saturated rings. The summed E-state index contributed by atoms with van der Waals surface area (Å²) >= 11 is 0. The Morgan fingerprint density at radius 1 is 1.23 bits per heavy atom. The molecule has 2 aliphatic carbocycles. The normalized spacial score (nSPS) is 45.5. The van der Waals surface area contributed by atoms with Crippen molar-refractivity contribution in [3.8, 4) is 0 Å². The van der Waals surface area contributed by atoms with Gasteiger partial charge in [-0.2, -0.15) is 0 Å². The highest BCUT2D eigenvalue weighted by atomic mass is 16.6. The predicted octanol–water partition coefficient (Wildman–Crippen LogP) is 4.63. The van der Waals surface area contributed by atoms with Crippen molar-refractivity contribution in [2.45, 2.75) is 84.0 Å². The van der Waals surface area contributed by atoms with E-state index in [2.05, 4.69) is 26.8 Å². The lowest BCUT2D eigenvalue weighted by Crippen LogP contribution is -2.26. The van der Waals surface area contributed by atoms with E-state index in [1.807, 2.05) is 26.0 Å². The van der Waals surface area contributed by atoms with Gasteiger partial charge in [0.2, 0.25) is 0 Å². The van der Waals surface area contributed by atoms with E-state index in [9.17, 15) is 5.11 Å². The molecule has 3 aliphatic rings. The maximum atomic E-state index is 9.79. The molecule has 0 bridgehead atoms. The molecule has 2 saturated carbocycles. The van der Waals surface area contributed by atoms with Gasteiger partial charge < -0.3 is 9.84 Å². The Labute approximate surface area is 135 Å². The average Bonchev–Trinajstić information content (AvgIpc) is 2.89. The molecule has 3 rings (SSSR count). The highest BCUT2D eigenvalue weighted by Crippen LogP contribution is 2.61. The first-order valence-corrected chi connectivity index (χ1v) is 8.89. The summed E-state index contributed by atoms with van der Waals surface area (Å²) in [7, 11) is 0. The van der Waals surface area contributed by atoms with Gasteiger partial charge in [0.15, 0.2) is 0 Å². The molecule has 2 heteroatoms. The van der Waals surface area contributed by atoms with Crippen LogP contribution in [0.5, 0.6) is 0 Å². The Morgan fingerprint density at radius 2 is 1.95 bits per heavy atom. The molecule has 1 N–H and O–H groups in total. The maximum absolute atomic E-state index is 9.79. The van der Waals surface area contributed by atoms with Crippen molar-refractivity contribution in [2.75, 3.05) is 0 Å². The van der Waals surface area contributed by atoms with Crippen LogP contribution in [0.2, 0.25) is 0 Å². The number of fused-ring (bicyclic) bond motifs is 2. The van der Waals surface area contributed by atoms with Crippen LogP contribution in [-0.2, 0) is 4.74 Å². The van der Waals surface area contributed by atoms with Crippen molar-refractivity contribution in [1.29, 1.82) is 0 Å². The third-order valence-corrected chi connectivity index (χ3v) is 6.49. The molecule has 0 aromatic heterocycles. The monoisotopic (exact) mass is 304 g/mol. The molecule has 0 aromatic rings. The van der Waals surface area contributed by atoms with Crippen molar-refractivity contribution in [2.24, 2.45) is 17.3 Å². The molecule has 0 amide bonds. The van der Waals surface area contributed by atoms with Crippen molar-refractivity contribution < 1.29 is 9.84 Å². The molecular formula is C20H32O2. The van der Waals surface area contributed by atoms with E-state index >= 15 is 0 Å². The number of aliphatic hydroxyl groups is 1. The van der Waals surface area contributed by atoms with Gasteiger partial charge >= 0.3 is 0 Å². The van der Waals surface area contributed by atoms with Gasteiger partial charge in [0.1, 0.15) is 0 Å². The van der Waals surface area contributed by atoms with E-state index in [-0.39, 0.29) is 5.60 Å². The minimum atomic E-state index is -0.726. The molecule has 2 nitrogen and oxygen atoms in total. The van der Waals surface area contributed by atoms with Gasteiger partial charge in [0.25, 0.3) is 0 Å². The average molecular weight is 304 g/mol. The molecule has 5 atom stereocenters. The van der Waals surface area contributed by atoms with E-state index < -0.39 is 5.60 Å². The molecule has 0 spiro atoms. The first-order valence-electron chi connectivity index (χ1n) is 8.89. The van der Waals surface area contributed by atoms with Crippen molar-refractivity contribution in [1.82, 2.24) is 0 Å². The van der Waals surface area contributed by atoms with Crippen LogP contribution in [0.3, 0.4) is 0 Å². The van der Waals surface area contributed by atoms with Gasteiger partial charge in [-0.3, -0.25) is 0 Å². The minimum Gasteiger partial charge on any atom is -0.386 e. The first-order chi connectivity index (χ1) is 10.1. The number of allylic oxidation sites excluding steroid dienone is 3. The molecular weight excluding hydrogens is 272 g/mol. The van der Waals surface area contributed by atoms with Gasteiger partial charge in [0.05, 0.1) is 17.3 Å². The molecule has 1 heterocycles. The highest BCUT2D eigenvalue weighted by molar-refractivity contribution is 5.20. The van der Waals surface area contributed by atoms with Crippen LogP contribution in [0.1, 0.15) is 66.7 Å². The summed E-state index contributed by atoms with van der Waals surface area (Å²) < 4.78 is 5.96. The van der Waals surface area contributed by atoms with Crippen LogP contribution >= 0.6 is 0 Å². The topological polar surface area (TPSA) is 32.8 Å². The Morgan fingerprint density at radius 3 is 2.64 bits per heavy atom. The van der Waals surface area contributed by atoms with Crippen LogP contribution < -0.4 is 0 Å². The lowest BCUT2D eigenvalue weighted by Gasteiger charge is -2.33. The van der Waals surface area contributed by atoms with Crippen molar-refractivity contribution in [3.63, 3.8) is 0 Å². The fraction of sp³-hybridized carbons (Fsp3) is 0.800. The second kappa shape index (κ2) is 5.21. The largest absolute Gasteiger partial charge is 0.386 e. The number of ether oxygens (including phenoxy) is 1. The van der Waals surface area contributed by atoms with E-state index in [0.29, 0.717) is 17.4 Å². The fourth-order valence-corrected chi connectivity index (χ4v) is 4.90. The van der Waals surface area contributed by atoms with Crippen LogP contribution in [0.4, 0.5) is 0 Å². The van der Waals surface area contributed by atoms with E-state index in [0.717, 1.165) is 5.92 Å². The quantitative estimate of drug-likeness (QED) is 0.609. The minimum absolute atomic E-state index is 0.191. The Bertz CT molecular complexity index is 498. The van der Waals surface area contributed by atoms with Crippen molar-refractivity contribution in [3.05, 3.63) is 23.8 Å². The SMILES string of the molecule is C/C(=C/C=C/C(C)(C)O)[C@H]1CC[C@@]2(C)C[C@H]3O[C@@]3(C)CC[C@H]12.